The largest absolute Gasteiger partial charge is 0.508 e. The van der Waals surface area contributed by atoms with Gasteiger partial charge in [0.15, 0.2) is 0 Å². The number of hydrogen-bond donors (Lipinski definition) is 2. The summed E-state index contributed by atoms with van der Waals surface area (Å²) >= 11 is 0. The van der Waals surface area contributed by atoms with Crippen molar-refractivity contribution in [2.45, 2.75) is 25.8 Å². The number of nitrogens with zero attached hydrogens (tertiary/aromatic N) is 1. The molecule has 4 nitrogen and oxygen atoms in total. The van der Waals surface area contributed by atoms with Crippen LogP contribution in [0.15, 0.2) is 24.3 Å². The summed E-state index contributed by atoms with van der Waals surface area (Å²) in [6.45, 7) is 3.71. The molecule has 1 aromatic rings. The first kappa shape index (κ1) is 13.9. The predicted molar refractivity (Wildman–Crippen MR) is 74.9 cm³/mol. The maximum atomic E-state index is 12.4. The fourth-order valence-electron chi connectivity index (χ4n) is 2.59. The minimum Gasteiger partial charge on any atom is -0.508 e. The van der Waals surface area contributed by atoms with Gasteiger partial charge in [-0.25, -0.2) is 0 Å². The molecule has 19 heavy (non-hydrogen) atoms. The van der Waals surface area contributed by atoms with Gasteiger partial charge in [-0.3, -0.25) is 4.79 Å². The summed E-state index contributed by atoms with van der Waals surface area (Å²) in [4.78, 5) is 14.2. The van der Waals surface area contributed by atoms with Crippen LogP contribution in [0.1, 0.15) is 31.4 Å². The average molecular weight is 262 g/mol. The van der Waals surface area contributed by atoms with Crippen LogP contribution in [0.2, 0.25) is 0 Å². The molecule has 1 fully saturated rings. The van der Waals surface area contributed by atoms with Crippen molar-refractivity contribution in [2.75, 3.05) is 20.1 Å². The highest BCUT2D eigenvalue weighted by Gasteiger charge is 2.27. The van der Waals surface area contributed by atoms with E-state index >= 15 is 0 Å². The van der Waals surface area contributed by atoms with Crippen LogP contribution < -0.4 is 5.32 Å². The molecule has 0 spiro atoms. The molecule has 1 aliphatic heterocycles. The Morgan fingerprint density at radius 2 is 2.21 bits per heavy atom. The van der Waals surface area contributed by atoms with Crippen LogP contribution in [0.4, 0.5) is 0 Å². The monoisotopic (exact) mass is 262 g/mol. The van der Waals surface area contributed by atoms with Crippen LogP contribution in [0, 0.1) is 5.92 Å². The molecule has 0 aliphatic carbocycles. The molecule has 2 rings (SSSR count). The Balaban J connectivity index is 2.08. The smallest absolute Gasteiger partial charge is 0.227 e. The Hall–Kier alpha value is -1.55. The molecule has 0 bridgehead atoms. The lowest BCUT2D eigenvalue weighted by Crippen LogP contribution is -2.42. The van der Waals surface area contributed by atoms with Crippen molar-refractivity contribution in [3.05, 3.63) is 29.8 Å². The van der Waals surface area contributed by atoms with Gasteiger partial charge in [-0.05, 0) is 32.4 Å². The first-order valence-electron chi connectivity index (χ1n) is 6.86. The predicted octanol–water partition coefficient (Wildman–Crippen LogP) is 1.91. The van der Waals surface area contributed by atoms with Gasteiger partial charge in [0.1, 0.15) is 5.75 Å². The minimum absolute atomic E-state index is 0.0621. The molecule has 0 saturated carbocycles. The average Bonchev–Trinajstić information content (AvgIpc) is 2.46. The summed E-state index contributed by atoms with van der Waals surface area (Å²) in [6.07, 6.45) is 2.00. The zero-order chi connectivity index (χ0) is 13.8. The number of aromatic hydroxyl groups is 1. The molecule has 0 radical (unpaired) electrons. The van der Waals surface area contributed by atoms with Gasteiger partial charge in [-0.2, -0.15) is 0 Å². The van der Waals surface area contributed by atoms with E-state index in [2.05, 4.69) is 5.32 Å². The molecule has 1 amide bonds. The molecular formula is C15H22N2O2. The van der Waals surface area contributed by atoms with Crippen molar-refractivity contribution < 1.29 is 9.90 Å². The molecule has 2 N–H and O–H groups in total. The fraction of sp³-hybridized carbons (Fsp3) is 0.533. The molecule has 104 valence electrons. The number of nitrogens with one attached hydrogen (secondary N) is 1. The summed E-state index contributed by atoms with van der Waals surface area (Å²) in [5, 5.41) is 13.1. The van der Waals surface area contributed by atoms with Gasteiger partial charge in [0.25, 0.3) is 0 Å². The van der Waals surface area contributed by atoms with Gasteiger partial charge in [0.05, 0.1) is 12.0 Å². The third-order valence-corrected chi connectivity index (χ3v) is 3.96. The number of amides is 1. The fourth-order valence-corrected chi connectivity index (χ4v) is 2.59. The number of carbonyl (C=O) groups excluding carboxylic acids is 1. The number of benzene rings is 1. The standard InChI is InChI=1S/C15H22N2O2/c1-11(13-7-3-4-8-14(13)18)17(2)15(19)12-6-5-9-16-10-12/h3-4,7-8,11-12,16,18H,5-6,9-10H2,1-2H3/t11?,12-/m1/s1. The van der Waals surface area contributed by atoms with Crippen molar-refractivity contribution in [1.29, 1.82) is 0 Å². The van der Waals surface area contributed by atoms with E-state index < -0.39 is 0 Å². The summed E-state index contributed by atoms with van der Waals surface area (Å²) in [5.41, 5.74) is 0.794. The SMILES string of the molecule is CC(c1ccccc1O)N(C)C(=O)[C@@H]1CCCNC1. The van der Waals surface area contributed by atoms with Crippen molar-refractivity contribution >= 4 is 5.91 Å². The molecule has 1 saturated heterocycles. The molecule has 0 aromatic heterocycles. The number of phenolic OH excluding ortho intramolecular Hbond substituents is 1. The van der Waals surface area contributed by atoms with Gasteiger partial charge in [0.2, 0.25) is 5.91 Å². The topological polar surface area (TPSA) is 52.6 Å². The van der Waals surface area contributed by atoms with Gasteiger partial charge in [-0.1, -0.05) is 18.2 Å². The molecule has 4 heteroatoms. The number of carbonyl (C=O) groups is 1. The van der Waals surface area contributed by atoms with E-state index in [-0.39, 0.29) is 23.6 Å². The highest BCUT2D eigenvalue weighted by Crippen LogP contribution is 2.28. The van der Waals surface area contributed by atoms with Crippen molar-refractivity contribution in [3.8, 4) is 5.75 Å². The molecular weight excluding hydrogens is 240 g/mol. The Morgan fingerprint density at radius 1 is 1.47 bits per heavy atom. The van der Waals surface area contributed by atoms with Crippen molar-refractivity contribution in [3.63, 3.8) is 0 Å². The molecule has 1 aromatic carbocycles. The normalized spacial score (nSPS) is 20.8. The third-order valence-electron chi connectivity index (χ3n) is 3.96. The highest BCUT2D eigenvalue weighted by molar-refractivity contribution is 5.79. The zero-order valence-corrected chi connectivity index (χ0v) is 11.6. The lowest BCUT2D eigenvalue weighted by Gasteiger charge is -2.31. The summed E-state index contributed by atoms with van der Waals surface area (Å²) in [7, 11) is 1.81. The Kier molecular flexibility index (Phi) is 4.43. The maximum absolute atomic E-state index is 12.4. The Labute approximate surface area is 114 Å². The third kappa shape index (κ3) is 3.07. The van der Waals surface area contributed by atoms with Gasteiger partial charge < -0.3 is 15.3 Å². The summed E-state index contributed by atoms with van der Waals surface area (Å²) in [5.74, 6) is 0.464. The molecule has 1 aliphatic rings. The number of phenols is 1. The molecule has 2 atom stereocenters. The van der Waals surface area contributed by atoms with E-state index in [9.17, 15) is 9.90 Å². The number of hydrogen-bond acceptors (Lipinski definition) is 3. The number of para-hydroxylation sites is 1. The van der Waals surface area contributed by atoms with Gasteiger partial charge in [-0.15, -0.1) is 0 Å². The minimum atomic E-state index is -0.115. The Bertz CT molecular complexity index is 442. The molecule has 1 heterocycles. The van der Waals surface area contributed by atoms with E-state index in [1.54, 1.807) is 17.0 Å². The second-order valence-electron chi connectivity index (χ2n) is 5.23. The van der Waals surface area contributed by atoms with Crippen LogP contribution in [-0.2, 0) is 4.79 Å². The number of rotatable bonds is 3. The zero-order valence-electron chi connectivity index (χ0n) is 11.6. The highest BCUT2D eigenvalue weighted by atomic mass is 16.3. The lowest BCUT2D eigenvalue weighted by atomic mass is 9.96. The number of piperidine rings is 1. The molecule has 1 unspecified atom stereocenters. The second kappa shape index (κ2) is 6.06. The Morgan fingerprint density at radius 3 is 2.84 bits per heavy atom. The quantitative estimate of drug-likeness (QED) is 0.875. The van der Waals surface area contributed by atoms with E-state index in [4.69, 9.17) is 0 Å². The van der Waals surface area contributed by atoms with Crippen LogP contribution in [-0.4, -0.2) is 36.1 Å². The van der Waals surface area contributed by atoms with Crippen LogP contribution in [0.5, 0.6) is 5.75 Å². The summed E-state index contributed by atoms with van der Waals surface area (Å²) in [6, 6.07) is 7.08. The first-order valence-corrected chi connectivity index (χ1v) is 6.86. The summed E-state index contributed by atoms with van der Waals surface area (Å²) < 4.78 is 0. The van der Waals surface area contributed by atoms with Crippen molar-refractivity contribution in [1.82, 2.24) is 10.2 Å². The van der Waals surface area contributed by atoms with Gasteiger partial charge >= 0.3 is 0 Å². The van der Waals surface area contributed by atoms with E-state index in [1.165, 1.54) is 0 Å². The van der Waals surface area contributed by atoms with Crippen LogP contribution in [0.25, 0.3) is 0 Å². The van der Waals surface area contributed by atoms with E-state index in [0.717, 1.165) is 31.5 Å². The van der Waals surface area contributed by atoms with Crippen LogP contribution in [0.3, 0.4) is 0 Å². The first-order chi connectivity index (χ1) is 9.11. The van der Waals surface area contributed by atoms with Gasteiger partial charge in [0, 0.05) is 19.2 Å². The second-order valence-corrected chi connectivity index (χ2v) is 5.23. The van der Waals surface area contributed by atoms with E-state index in [1.807, 2.05) is 26.1 Å². The lowest BCUT2D eigenvalue weighted by molar-refractivity contribution is -0.136. The maximum Gasteiger partial charge on any atom is 0.227 e. The van der Waals surface area contributed by atoms with Crippen molar-refractivity contribution in [2.24, 2.45) is 5.92 Å². The van der Waals surface area contributed by atoms with Crippen LogP contribution >= 0.6 is 0 Å². The van der Waals surface area contributed by atoms with E-state index in [0.29, 0.717) is 0 Å².